The molecule has 0 spiro atoms. The summed E-state index contributed by atoms with van der Waals surface area (Å²) in [5.41, 5.74) is 5.37. The number of hydrogen-bond donors (Lipinski definition) is 1. The highest BCUT2D eigenvalue weighted by Gasteiger charge is 2.34. The zero-order valence-corrected chi connectivity index (χ0v) is 12.9. The number of halogens is 3. The van der Waals surface area contributed by atoms with E-state index in [4.69, 9.17) is 18.0 Å². The quantitative estimate of drug-likeness (QED) is 0.837. The van der Waals surface area contributed by atoms with Crippen molar-refractivity contribution in [2.24, 2.45) is 11.7 Å². The van der Waals surface area contributed by atoms with Gasteiger partial charge in [-0.05, 0) is 43.9 Å². The Morgan fingerprint density at radius 2 is 2.00 bits per heavy atom. The maximum atomic E-state index is 13.0. The van der Waals surface area contributed by atoms with E-state index in [9.17, 15) is 13.2 Å². The summed E-state index contributed by atoms with van der Waals surface area (Å²) in [6, 6.07) is 4.35. The number of hydrogen-bond acceptors (Lipinski definition) is 2. The first-order valence-electron chi connectivity index (χ1n) is 6.98. The van der Waals surface area contributed by atoms with Gasteiger partial charge in [0.25, 0.3) is 0 Å². The van der Waals surface area contributed by atoms with Gasteiger partial charge in [-0.1, -0.05) is 19.1 Å². The standard InChI is InChI=1S/C15H19F3N2S/c1-9-5-6-20(10(2)7-9)11-3-4-13(15(16,17)18)12(8-11)14(19)21/h3-4,8-10H,5-7H2,1-2H3,(H2,19,21). The lowest BCUT2D eigenvalue weighted by molar-refractivity contribution is -0.137. The van der Waals surface area contributed by atoms with E-state index >= 15 is 0 Å². The molecule has 2 atom stereocenters. The Hall–Kier alpha value is -1.30. The third-order valence-corrected chi connectivity index (χ3v) is 4.26. The van der Waals surface area contributed by atoms with Gasteiger partial charge in [0.1, 0.15) is 4.99 Å². The van der Waals surface area contributed by atoms with Crippen molar-refractivity contribution in [3.8, 4) is 0 Å². The van der Waals surface area contributed by atoms with Gasteiger partial charge in [0.05, 0.1) is 5.56 Å². The van der Waals surface area contributed by atoms with Gasteiger partial charge < -0.3 is 10.6 Å². The van der Waals surface area contributed by atoms with Crippen molar-refractivity contribution < 1.29 is 13.2 Å². The van der Waals surface area contributed by atoms with Crippen LogP contribution in [0.3, 0.4) is 0 Å². The summed E-state index contributed by atoms with van der Waals surface area (Å²) in [5.74, 6) is 0.640. The number of piperidine rings is 1. The van der Waals surface area contributed by atoms with Crippen LogP contribution < -0.4 is 10.6 Å². The molecule has 0 radical (unpaired) electrons. The molecule has 116 valence electrons. The van der Waals surface area contributed by atoms with E-state index in [1.807, 2.05) is 0 Å². The second-order valence-corrected chi connectivity index (χ2v) is 6.20. The molecule has 1 aliphatic heterocycles. The lowest BCUT2D eigenvalue weighted by Crippen LogP contribution is -2.40. The van der Waals surface area contributed by atoms with Crippen LogP contribution in [0.5, 0.6) is 0 Å². The lowest BCUT2D eigenvalue weighted by atomic mass is 9.92. The van der Waals surface area contributed by atoms with E-state index in [0.717, 1.165) is 31.1 Å². The number of benzene rings is 1. The first kappa shape index (κ1) is 16.1. The van der Waals surface area contributed by atoms with Gasteiger partial charge in [-0.2, -0.15) is 13.2 Å². The van der Waals surface area contributed by atoms with Crippen molar-refractivity contribution in [1.82, 2.24) is 0 Å². The second kappa shape index (κ2) is 5.83. The molecule has 6 heteroatoms. The largest absolute Gasteiger partial charge is 0.417 e. The number of thiocarbonyl (C=S) groups is 1. The fourth-order valence-corrected chi connectivity index (χ4v) is 3.12. The van der Waals surface area contributed by atoms with E-state index in [0.29, 0.717) is 12.0 Å². The highest BCUT2D eigenvalue weighted by Crippen LogP contribution is 2.35. The molecule has 0 saturated carbocycles. The molecule has 0 aliphatic carbocycles. The first-order valence-corrected chi connectivity index (χ1v) is 7.38. The molecular formula is C15H19F3N2S. The van der Waals surface area contributed by atoms with Gasteiger partial charge in [0.2, 0.25) is 0 Å². The molecular weight excluding hydrogens is 297 g/mol. The van der Waals surface area contributed by atoms with Gasteiger partial charge in [0, 0.05) is 23.8 Å². The van der Waals surface area contributed by atoms with Crippen molar-refractivity contribution in [3.05, 3.63) is 29.3 Å². The molecule has 1 saturated heterocycles. The minimum absolute atomic E-state index is 0.0965. The smallest absolute Gasteiger partial charge is 0.389 e. The first-order chi connectivity index (χ1) is 9.70. The van der Waals surface area contributed by atoms with E-state index < -0.39 is 11.7 Å². The molecule has 2 rings (SSSR count). The lowest BCUT2D eigenvalue weighted by Gasteiger charge is -2.38. The normalized spacial score (nSPS) is 23.2. The number of anilines is 1. The number of nitrogens with zero attached hydrogens (tertiary/aromatic N) is 1. The molecule has 1 aromatic carbocycles. The highest BCUT2D eigenvalue weighted by molar-refractivity contribution is 7.80. The summed E-state index contributed by atoms with van der Waals surface area (Å²) < 4.78 is 38.9. The predicted molar refractivity (Wildman–Crippen MR) is 82.5 cm³/mol. The average Bonchev–Trinajstić information content (AvgIpc) is 2.37. The molecule has 2 nitrogen and oxygen atoms in total. The van der Waals surface area contributed by atoms with Crippen molar-refractivity contribution in [1.29, 1.82) is 0 Å². The van der Waals surface area contributed by atoms with Crippen molar-refractivity contribution in [2.75, 3.05) is 11.4 Å². The van der Waals surface area contributed by atoms with Crippen molar-refractivity contribution in [2.45, 2.75) is 38.9 Å². The van der Waals surface area contributed by atoms with Gasteiger partial charge >= 0.3 is 6.18 Å². The molecule has 21 heavy (non-hydrogen) atoms. The molecule has 1 fully saturated rings. The summed E-state index contributed by atoms with van der Waals surface area (Å²) in [4.78, 5) is 1.91. The molecule has 0 bridgehead atoms. The van der Waals surface area contributed by atoms with E-state index in [1.54, 1.807) is 0 Å². The number of rotatable bonds is 2. The van der Waals surface area contributed by atoms with Crippen LogP contribution in [0.25, 0.3) is 0 Å². The molecule has 1 heterocycles. The van der Waals surface area contributed by atoms with Crippen LogP contribution in [-0.2, 0) is 6.18 Å². The Labute approximate surface area is 128 Å². The third-order valence-electron chi connectivity index (χ3n) is 4.04. The molecule has 1 aromatic rings. The Morgan fingerprint density at radius 1 is 1.33 bits per heavy atom. The Morgan fingerprint density at radius 3 is 2.52 bits per heavy atom. The third kappa shape index (κ3) is 3.48. The van der Waals surface area contributed by atoms with Crippen molar-refractivity contribution >= 4 is 22.9 Å². The van der Waals surface area contributed by atoms with E-state index in [2.05, 4.69) is 18.7 Å². The Balaban J connectivity index is 2.39. The van der Waals surface area contributed by atoms with Crippen LogP contribution in [0.2, 0.25) is 0 Å². The minimum atomic E-state index is -4.45. The fraction of sp³-hybridized carbons (Fsp3) is 0.533. The Bertz CT molecular complexity index is 542. The maximum absolute atomic E-state index is 13.0. The zero-order chi connectivity index (χ0) is 15.8. The topological polar surface area (TPSA) is 29.3 Å². The molecule has 2 unspecified atom stereocenters. The Kier molecular flexibility index (Phi) is 4.46. The van der Waals surface area contributed by atoms with Crippen molar-refractivity contribution in [3.63, 3.8) is 0 Å². The maximum Gasteiger partial charge on any atom is 0.417 e. The van der Waals surface area contributed by atoms with Gasteiger partial charge in [-0.3, -0.25) is 0 Å². The van der Waals surface area contributed by atoms with Crippen LogP contribution in [0.4, 0.5) is 18.9 Å². The average molecular weight is 316 g/mol. The second-order valence-electron chi connectivity index (χ2n) is 5.76. The van der Waals surface area contributed by atoms with E-state index in [1.165, 1.54) is 12.1 Å². The van der Waals surface area contributed by atoms with Crippen LogP contribution in [0, 0.1) is 5.92 Å². The fourth-order valence-electron chi connectivity index (χ4n) is 2.95. The van der Waals surface area contributed by atoms with Crippen LogP contribution in [0.15, 0.2) is 18.2 Å². The van der Waals surface area contributed by atoms with Crippen LogP contribution in [0.1, 0.15) is 37.8 Å². The van der Waals surface area contributed by atoms with Gasteiger partial charge in [-0.15, -0.1) is 0 Å². The summed E-state index contributed by atoms with van der Waals surface area (Å²) in [6.45, 7) is 5.12. The van der Waals surface area contributed by atoms with E-state index in [-0.39, 0.29) is 10.6 Å². The zero-order valence-electron chi connectivity index (χ0n) is 12.1. The molecule has 0 aromatic heterocycles. The predicted octanol–water partition coefficient (Wildman–Crippen LogP) is 3.96. The van der Waals surface area contributed by atoms with Crippen LogP contribution >= 0.6 is 12.2 Å². The molecule has 0 amide bonds. The summed E-state index contributed by atoms with van der Waals surface area (Å²) in [7, 11) is 0. The number of nitrogens with two attached hydrogens (primary N) is 1. The van der Waals surface area contributed by atoms with Crippen LogP contribution in [-0.4, -0.2) is 17.6 Å². The van der Waals surface area contributed by atoms with Gasteiger partial charge in [0.15, 0.2) is 0 Å². The number of alkyl halides is 3. The summed E-state index contributed by atoms with van der Waals surface area (Å²) in [5, 5.41) is 0. The van der Waals surface area contributed by atoms with Gasteiger partial charge in [-0.25, -0.2) is 0 Å². The molecule has 2 N–H and O–H groups in total. The minimum Gasteiger partial charge on any atom is -0.389 e. The summed E-state index contributed by atoms with van der Waals surface area (Å²) in [6.07, 6.45) is -2.38. The highest BCUT2D eigenvalue weighted by atomic mass is 32.1. The monoisotopic (exact) mass is 316 g/mol. The molecule has 1 aliphatic rings. The SMILES string of the molecule is CC1CCN(c2ccc(C(F)(F)F)c(C(N)=S)c2)C(C)C1. The summed E-state index contributed by atoms with van der Waals surface area (Å²) >= 11 is 4.79.